The lowest BCUT2D eigenvalue weighted by Crippen LogP contribution is -2.27. The Labute approximate surface area is 184 Å². The molecule has 8 heteroatoms. The van der Waals surface area contributed by atoms with Gasteiger partial charge < -0.3 is 10.2 Å². The number of pyridine rings is 2. The van der Waals surface area contributed by atoms with Crippen molar-refractivity contribution in [3.05, 3.63) is 82.3 Å². The maximum absolute atomic E-state index is 14.3. The van der Waals surface area contributed by atoms with Crippen molar-refractivity contribution in [2.24, 2.45) is 0 Å². The van der Waals surface area contributed by atoms with Crippen LogP contribution in [0.25, 0.3) is 11.3 Å². The fourth-order valence-electron chi connectivity index (χ4n) is 3.67. The highest BCUT2D eigenvalue weighted by Gasteiger charge is 2.27. The van der Waals surface area contributed by atoms with Crippen LogP contribution in [0, 0.1) is 11.6 Å². The Morgan fingerprint density at radius 2 is 1.91 bits per heavy atom. The average molecular weight is 436 g/mol. The van der Waals surface area contributed by atoms with E-state index in [1.165, 1.54) is 18.2 Å². The highest BCUT2D eigenvalue weighted by atomic mass is 19.1. The fourth-order valence-corrected chi connectivity index (χ4v) is 3.67. The molecule has 0 saturated carbocycles. The number of hydrogen-bond donors (Lipinski definition) is 1. The van der Waals surface area contributed by atoms with Crippen molar-refractivity contribution in [3.8, 4) is 11.3 Å². The number of likely N-dealkylation sites (N-methyl/N-ethyl adjacent to an activating group) is 1. The molecule has 2 amide bonds. The monoisotopic (exact) mass is 436 g/mol. The highest BCUT2D eigenvalue weighted by molar-refractivity contribution is 5.99. The van der Waals surface area contributed by atoms with Gasteiger partial charge in [-0.1, -0.05) is 12.1 Å². The predicted octanol–water partition coefficient (Wildman–Crippen LogP) is 3.28. The van der Waals surface area contributed by atoms with E-state index in [1.54, 1.807) is 30.3 Å². The van der Waals surface area contributed by atoms with Crippen LogP contribution in [0.5, 0.6) is 0 Å². The lowest BCUT2D eigenvalue weighted by atomic mass is 9.98. The fraction of sp³-hybridized carbons (Fsp3) is 0.250. The van der Waals surface area contributed by atoms with Gasteiger partial charge in [-0.3, -0.25) is 14.6 Å². The number of carbonyl (C=O) groups is 2. The molecule has 0 spiro atoms. The van der Waals surface area contributed by atoms with Gasteiger partial charge in [-0.15, -0.1) is 0 Å². The van der Waals surface area contributed by atoms with Gasteiger partial charge in [-0.2, -0.15) is 0 Å². The molecule has 0 atom stereocenters. The molecule has 1 N–H and O–H groups in total. The van der Waals surface area contributed by atoms with Crippen molar-refractivity contribution in [3.63, 3.8) is 0 Å². The van der Waals surface area contributed by atoms with Gasteiger partial charge in [0.1, 0.15) is 11.6 Å². The maximum Gasteiger partial charge on any atom is 0.253 e. The third kappa shape index (κ3) is 4.21. The molecule has 0 radical (unpaired) electrons. The molecule has 164 valence electrons. The summed E-state index contributed by atoms with van der Waals surface area (Å²) in [5.74, 6) is -1.70. The minimum absolute atomic E-state index is 0.00207. The van der Waals surface area contributed by atoms with Crippen molar-refractivity contribution < 1.29 is 18.4 Å². The van der Waals surface area contributed by atoms with E-state index in [9.17, 15) is 18.4 Å². The van der Waals surface area contributed by atoms with E-state index in [1.807, 2.05) is 13.0 Å². The van der Waals surface area contributed by atoms with Crippen molar-refractivity contribution >= 4 is 11.8 Å². The van der Waals surface area contributed by atoms with Gasteiger partial charge in [0.2, 0.25) is 5.91 Å². The molecule has 4 rings (SSSR count). The van der Waals surface area contributed by atoms with Crippen LogP contribution in [0.3, 0.4) is 0 Å². The summed E-state index contributed by atoms with van der Waals surface area (Å²) in [5, 5.41) is 2.71. The predicted molar refractivity (Wildman–Crippen MR) is 115 cm³/mol. The second kappa shape index (κ2) is 8.82. The van der Waals surface area contributed by atoms with Gasteiger partial charge in [-0.05, 0) is 42.3 Å². The summed E-state index contributed by atoms with van der Waals surface area (Å²) >= 11 is 0. The first-order chi connectivity index (χ1) is 15.4. The third-order valence-corrected chi connectivity index (χ3v) is 5.55. The normalized spacial score (nSPS) is 12.4. The number of fused-ring (bicyclic) bond motifs is 1. The SMILES string of the molecule is CCN(C)C(=O)Cc1ccc(Cc2cc(-c3c(F)cccc3F)nc3c2C(=O)NC3)nc1. The second-order valence-corrected chi connectivity index (χ2v) is 7.69. The number of benzene rings is 1. The number of hydrogen-bond acceptors (Lipinski definition) is 4. The molecule has 0 aliphatic carbocycles. The van der Waals surface area contributed by atoms with Crippen LogP contribution in [0.4, 0.5) is 8.78 Å². The van der Waals surface area contributed by atoms with E-state index in [2.05, 4.69) is 15.3 Å². The molecule has 0 bridgehead atoms. The summed E-state index contributed by atoms with van der Waals surface area (Å²) in [6.07, 6.45) is 2.17. The number of aromatic nitrogens is 2. The molecule has 1 aromatic carbocycles. The van der Waals surface area contributed by atoms with E-state index >= 15 is 0 Å². The molecule has 3 heterocycles. The molecule has 1 aliphatic rings. The summed E-state index contributed by atoms with van der Waals surface area (Å²) < 4.78 is 28.7. The molecule has 6 nitrogen and oxygen atoms in total. The first kappa shape index (κ1) is 21.5. The van der Waals surface area contributed by atoms with Crippen molar-refractivity contribution in [2.45, 2.75) is 26.3 Å². The molecule has 3 aromatic rings. The van der Waals surface area contributed by atoms with Crippen LogP contribution in [0.15, 0.2) is 42.6 Å². The Morgan fingerprint density at radius 3 is 2.56 bits per heavy atom. The van der Waals surface area contributed by atoms with E-state index in [0.29, 0.717) is 29.1 Å². The summed E-state index contributed by atoms with van der Waals surface area (Å²) in [6.45, 7) is 2.74. The number of halogens is 2. The highest BCUT2D eigenvalue weighted by Crippen LogP contribution is 2.30. The minimum Gasteiger partial charge on any atom is -0.346 e. The molecular weight excluding hydrogens is 414 g/mol. The second-order valence-electron chi connectivity index (χ2n) is 7.69. The number of nitrogens with zero attached hydrogens (tertiary/aromatic N) is 3. The van der Waals surface area contributed by atoms with Gasteiger partial charge in [-0.25, -0.2) is 13.8 Å². The number of nitrogens with one attached hydrogen (secondary N) is 1. The van der Waals surface area contributed by atoms with Crippen LogP contribution < -0.4 is 5.32 Å². The smallest absolute Gasteiger partial charge is 0.253 e. The van der Waals surface area contributed by atoms with Crippen molar-refractivity contribution in [2.75, 3.05) is 13.6 Å². The Balaban J connectivity index is 1.66. The number of amides is 2. The summed E-state index contributed by atoms with van der Waals surface area (Å²) in [5.41, 5.74) is 2.81. The quantitative estimate of drug-likeness (QED) is 0.644. The molecule has 1 aliphatic heterocycles. The molecule has 32 heavy (non-hydrogen) atoms. The van der Waals surface area contributed by atoms with E-state index in [4.69, 9.17) is 0 Å². The van der Waals surface area contributed by atoms with E-state index < -0.39 is 11.6 Å². The van der Waals surface area contributed by atoms with Crippen LogP contribution in [-0.2, 0) is 24.2 Å². The molecule has 0 fully saturated rings. The standard InChI is InChI=1S/C24H22F2N4O2/c1-3-30(2)21(31)9-14-7-8-16(27-12-14)10-15-11-19(23-17(25)5-4-6-18(23)26)29-20-13-28-24(32)22(15)20/h4-8,11-12H,3,9-10,13H2,1-2H3,(H,28,32). The molecular formula is C24H22F2N4O2. The van der Waals surface area contributed by atoms with Crippen LogP contribution in [0.1, 0.15) is 39.8 Å². The molecule has 0 saturated heterocycles. The minimum atomic E-state index is -0.718. The number of carbonyl (C=O) groups excluding carboxylic acids is 2. The first-order valence-corrected chi connectivity index (χ1v) is 10.3. The lowest BCUT2D eigenvalue weighted by molar-refractivity contribution is -0.128. The Morgan fingerprint density at radius 1 is 1.16 bits per heavy atom. The van der Waals surface area contributed by atoms with Gasteiger partial charge in [0.05, 0.1) is 35.5 Å². The Kier molecular flexibility index (Phi) is 5.94. The van der Waals surface area contributed by atoms with Gasteiger partial charge in [0.15, 0.2) is 0 Å². The molecule has 0 unspecified atom stereocenters. The van der Waals surface area contributed by atoms with Crippen LogP contribution in [-0.4, -0.2) is 40.3 Å². The zero-order valence-corrected chi connectivity index (χ0v) is 17.8. The van der Waals surface area contributed by atoms with Crippen molar-refractivity contribution in [1.82, 2.24) is 20.2 Å². The van der Waals surface area contributed by atoms with Crippen LogP contribution in [0.2, 0.25) is 0 Å². The van der Waals surface area contributed by atoms with Crippen molar-refractivity contribution in [1.29, 1.82) is 0 Å². The number of rotatable bonds is 6. The topological polar surface area (TPSA) is 75.2 Å². The summed E-state index contributed by atoms with van der Waals surface area (Å²) in [6, 6.07) is 8.80. The Bertz CT molecular complexity index is 1180. The largest absolute Gasteiger partial charge is 0.346 e. The average Bonchev–Trinajstić information content (AvgIpc) is 3.15. The van der Waals surface area contributed by atoms with Gasteiger partial charge >= 0.3 is 0 Å². The third-order valence-electron chi connectivity index (χ3n) is 5.55. The van der Waals surface area contributed by atoms with E-state index in [0.717, 1.165) is 5.56 Å². The zero-order valence-electron chi connectivity index (χ0n) is 17.8. The van der Waals surface area contributed by atoms with Crippen LogP contribution >= 0.6 is 0 Å². The van der Waals surface area contributed by atoms with E-state index in [-0.39, 0.29) is 42.5 Å². The van der Waals surface area contributed by atoms with Gasteiger partial charge in [0.25, 0.3) is 5.91 Å². The maximum atomic E-state index is 14.3. The first-order valence-electron chi connectivity index (χ1n) is 10.3. The zero-order chi connectivity index (χ0) is 22.8. The summed E-state index contributed by atoms with van der Waals surface area (Å²) in [7, 11) is 1.75. The summed E-state index contributed by atoms with van der Waals surface area (Å²) in [4.78, 5) is 34.9. The van der Waals surface area contributed by atoms with Gasteiger partial charge in [0, 0.05) is 31.9 Å². The lowest BCUT2D eigenvalue weighted by Gasteiger charge is -2.14. The Hall–Kier alpha value is -3.68. The molecule has 2 aromatic heterocycles.